The lowest BCUT2D eigenvalue weighted by atomic mass is 10.2. The van der Waals surface area contributed by atoms with Gasteiger partial charge in [-0.2, -0.15) is 0 Å². The van der Waals surface area contributed by atoms with Gasteiger partial charge in [0.05, 0.1) is 13.2 Å². The molecule has 146 valence electrons. The maximum atomic E-state index is 13.7. The molecule has 2 N–H and O–H groups in total. The van der Waals surface area contributed by atoms with Crippen LogP contribution in [0.5, 0.6) is 5.88 Å². The molecule has 0 aliphatic heterocycles. The van der Waals surface area contributed by atoms with E-state index in [0.717, 1.165) is 23.8 Å². The molecule has 0 unspecified atom stereocenters. The first-order valence-electron chi connectivity index (χ1n) is 8.65. The first kappa shape index (κ1) is 20.6. The van der Waals surface area contributed by atoms with E-state index in [2.05, 4.69) is 20.6 Å². The number of guanidine groups is 1. The van der Waals surface area contributed by atoms with E-state index in [1.54, 1.807) is 19.4 Å². The Bertz CT molecular complexity index is 739. The van der Waals surface area contributed by atoms with Gasteiger partial charge in [0.1, 0.15) is 18.2 Å². The minimum absolute atomic E-state index is 0.125. The summed E-state index contributed by atoms with van der Waals surface area (Å²) in [6.45, 7) is 4.01. The van der Waals surface area contributed by atoms with Crippen molar-refractivity contribution in [3.05, 3.63) is 59.3 Å². The average molecular weight is 378 g/mol. The van der Waals surface area contributed by atoms with Gasteiger partial charge in [0.2, 0.25) is 5.88 Å². The Morgan fingerprint density at radius 3 is 2.70 bits per heavy atom. The van der Waals surface area contributed by atoms with Crippen LogP contribution in [0, 0.1) is 11.6 Å². The highest BCUT2D eigenvalue weighted by Gasteiger charge is 2.05. The zero-order chi connectivity index (χ0) is 19.5. The molecule has 0 aliphatic carbocycles. The molecule has 1 aromatic carbocycles. The molecule has 0 saturated heterocycles. The number of nitrogens with one attached hydrogen (secondary N) is 2. The zero-order valence-electron chi connectivity index (χ0n) is 15.5. The predicted octanol–water partition coefficient (Wildman–Crippen LogP) is 2.64. The van der Waals surface area contributed by atoms with E-state index in [9.17, 15) is 8.78 Å². The highest BCUT2D eigenvalue weighted by atomic mass is 19.1. The molecule has 0 amide bonds. The highest BCUT2D eigenvalue weighted by Crippen LogP contribution is 2.10. The number of ether oxygens (including phenoxy) is 2. The van der Waals surface area contributed by atoms with Crippen LogP contribution in [0.3, 0.4) is 0 Å². The maximum Gasteiger partial charge on any atom is 0.213 e. The fourth-order valence-electron chi connectivity index (χ4n) is 2.19. The Morgan fingerprint density at radius 2 is 2.00 bits per heavy atom. The largest absolute Gasteiger partial charge is 0.475 e. The van der Waals surface area contributed by atoms with Crippen LogP contribution in [0.15, 0.2) is 41.5 Å². The average Bonchev–Trinajstić information content (AvgIpc) is 2.67. The predicted molar refractivity (Wildman–Crippen MR) is 99.6 cm³/mol. The van der Waals surface area contributed by atoms with Gasteiger partial charge in [0.15, 0.2) is 5.96 Å². The molecule has 2 aromatic rings. The first-order chi connectivity index (χ1) is 13.1. The SMILES string of the molecule is CCNC(=NCc1ccc(OCCOC)nc1)NCc1cc(F)ccc1F. The van der Waals surface area contributed by atoms with E-state index in [0.29, 0.717) is 38.1 Å². The van der Waals surface area contributed by atoms with Gasteiger partial charge >= 0.3 is 0 Å². The fraction of sp³-hybridized carbons (Fsp3) is 0.368. The number of aliphatic imine (C=N–C) groups is 1. The third-order valence-corrected chi connectivity index (χ3v) is 3.55. The molecule has 0 spiro atoms. The van der Waals surface area contributed by atoms with Crippen molar-refractivity contribution in [2.75, 3.05) is 26.9 Å². The second kappa shape index (κ2) is 11.1. The van der Waals surface area contributed by atoms with Crippen molar-refractivity contribution in [3.8, 4) is 5.88 Å². The quantitative estimate of drug-likeness (QED) is 0.399. The lowest BCUT2D eigenvalue weighted by Gasteiger charge is -2.12. The molecule has 0 saturated carbocycles. The van der Waals surface area contributed by atoms with Crippen molar-refractivity contribution in [1.82, 2.24) is 15.6 Å². The molecule has 8 heteroatoms. The van der Waals surface area contributed by atoms with Crippen LogP contribution in [0.25, 0.3) is 0 Å². The molecule has 2 rings (SSSR count). The van der Waals surface area contributed by atoms with Crippen molar-refractivity contribution >= 4 is 5.96 Å². The lowest BCUT2D eigenvalue weighted by molar-refractivity contribution is 0.143. The molecule has 0 fully saturated rings. The summed E-state index contributed by atoms with van der Waals surface area (Å²) in [5, 5.41) is 6.06. The molecule has 1 aromatic heterocycles. The highest BCUT2D eigenvalue weighted by molar-refractivity contribution is 5.79. The third-order valence-electron chi connectivity index (χ3n) is 3.55. The van der Waals surface area contributed by atoms with E-state index in [-0.39, 0.29) is 12.1 Å². The molecule has 0 bridgehead atoms. The third kappa shape index (κ3) is 7.18. The fourth-order valence-corrected chi connectivity index (χ4v) is 2.19. The molecule has 6 nitrogen and oxygen atoms in total. The van der Waals surface area contributed by atoms with Gasteiger partial charge < -0.3 is 20.1 Å². The van der Waals surface area contributed by atoms with Crippen LogP contribution in [0.4, 0.5) is 8.78 Å². The zero-order valence-corrected chi connectivity index (χ0v) is 15.5. The smallest absolute Gasteiger partial charge is 0.213 e. The van der Waals surface area contributed by atoms with Gasteiger partial charge in [-0.15, -0.1) is 0 Å². The normalized spacial score (nSPS) is 11.3. The van der Waals surface area contributed by atoms with Crippen LogP contribution in [0.2, 0.25) is 0 Å². The minimum atomic E-state index is -0.478. The van der Waals surface area contributed by atoms with Crippen molar-refractivity contribution in [2.24, 2.45) is 4.99 Å². The van der Waals surface area contributed by atoms with Gasteiger partial charge in [0.25, 0.3) is 0 Å². The Kier molecular flexibility index (Phi) is 8.44. The molecule has 0 atom stereocenters. The van der Waals surface area contributed by atoms with E-state index in [4.69, 9.17) is 9.47 Å². The van der Waals surface area contributed by atoms with Gasteiger partial charge in [-0.1, -0.05) is 6.07 Å². The second-order valence-electron chi connectivity index (χ2n) is 5.63. The monoisotopic (exact) mass is 378 g/mol. The summed E-state index contributed by atoms with van der Waals surface area (Å²) in [5.41, 5.74) is 1.13. The van der Waals surface area contributed by atoms with Gasteiger partial charge in [-0.25, -0.2) is 18.8 Å². The number of nitrogens with zero attached hydrogens (tertiary/aromatic N) is 2. The summed E-state index contributed by atoms with van der Waals surface area (Å²) >= 11 is 0. The van der Waals surface area contributed by atoms with Crippen LogP contribution in [-0.4, -0.2) is 37.8 Å². The number of halogens is 2. The van der Waals surface area contributed by atoms with Crippen molar-refractivity contribution < 1.29 is 18.3 Å². The number of rotatable bonds is 9. The number of hydrogen-bond donors (Lipinski definition) is 2. The topological polar surface area (TPSA) is 67.8 Å². The molecule has 27 heavy (non-hydrogen) atoms. The summed E-state index contributed by atoms with van der Waals surface area (Å²) in [5.74, 6) is 0.0787. The lowest BCUT2D eigenvalue weighted by Crippen LogP contribution is -2.37. The number of methoxy groups -OCH3 is 1. The van der Waals surface area contributed by atoms with Crippen molar-refractivity contribution in [2.45, 2.75) is 20.0 Å². The molecular weight excluding hydrogens is 354 g/mol. The van der Waals surface area contributed by atoms with E-state index >= 15 is 0 Å². The first-order valence-corrected chi connectivity index (χ1v) is 8.65. The number of pyridine rings is 1. The number of benzene rings is 1. The van der Waals surface area contributed by atoms with Gasteiger partial charge in [-0.3, -0.25) is 0 Å². The number of hydrogen-bond acceptors (Lipinski definition) is 4. The van der Waals surface area contributed by atoms with Crippen LogP contribution in [0.1, 0.15) is 18.1 Å². The van der Waals surface area contributed by atoms with E-state index in [1.165, 1.54) is 0 Å². The Balaban J connectivity index is 1.93. The Hall–Kier alpha value is -2.74. The van der Waals surface area contributed by atoms with E-state index in [1.807, 2.05) is 13.0 Å². The maximum absolute atomic E-state index is 13.7. The van der Waals surface area contributed by atoms with Crippen LogP contribution >= 0.6 is 0 Å². The summed E-state index contributed by atoms with van der Waals surface area (Å²) in [6, 6.07) is 7.00. The molecule has 0 aliphatic rings. The van der Waals surface area contributed by atoms with Gasteiger partial charge in [0, 0.05) is 38.0 Å². The summed E-state index contributed by atoms with van der Waals surface area (Å²) in [6.07, 6.45) is 1.68. The minimum Gasteiger partial charge on any atom is -0.475 e. The van der Waals surface area contributed by atoms with Crippen LogP contribution in [-0.2, 0) is 17.8 Å². The standard InChI is InChI=1S/C19H24F2N4O2/c1-3-22-19(25-13-15-10-16(20)5-6-17(15)21)24-12-14-4-7-18(23-11-14)27-9-8-26-2/h4-7,10-11H,3,8-9,12-13H2,1-2H3,(H2,22,24,25). The molecule has 0 radical (unpaired) electrons. The van der Waals surface area contributed by atoms with Crippen molar-refractivity contribution in [1.29, 1.82) is 0 Å². The second-order valence-corrected chi connectivity index (χ2v) is 5.63. The number of aromatic nitrogens is 1. The summed E-state index contributed by atoms with van der Waals surface area (Å²) in [4.78, 5) is 8.64. The Morgan fingerprint density at radius 1 is 1.15 bits per heavy atom. The van der Waals surface area contributed by atoms with Gasteiger partial charge in [-0.05, 0) is 30.7 Å². The molecular formula is C19H24F2N4O2. The Labute approximate surface area is 157 Å². The van der Waals surface area contributed by atoms with E-state index < -0.39 is 11.6 Å². The van der Waals surface area contributed by atoms with Crippen LogP contribution < -0.4 is 15.4 Å². The summed E-state index contributed by atoms with van der Waals surface area (Å²) < 4.78 is 37.3. The summed E-state index contributed by atoms with van der Waals surface area (Å²) in [7, 11) is 1.61. The van der Waals surface area contributed by atoms with Crippen molar-refractivity contribution in [3.63, 3.8) is 0 Å². The molecule has 1 heterocycles.